The highest BCUT2D eigenvalue weighted by atomic mass is 32.2. The molecule has 0 aliphatic carbocycles. The van der Waals surface area contributed by atoms with Crippen LogP contribution in [0.2, 0.25) is 0 Å². The minimum Gasteiger partial charge on any atom is -0.316 e. The van der Waals surface area contributed by atoms with E-state index in [4.69, 9.17) is 0 Å². The van der Waals surface area contributed by atoms with Crippen LogP contribution in [0.5, 0.6) is 0 Å². The maximum absolute atomic E-state index is 12.2. The van der Waals surface area contributed by atoms with Crippen LogP contribution >= 0.6 is 0 Å². The summed E-state index contributed by atoms with van der Waals surface area (Å²) >= 11 is 0. The first-order chi connectivity index (χ1) is 10.1. The zero-order valence-electron chi connectivity index (χ0n) is 11.9. The summed E-state index contributed by atoms with van der Waals surface area (Å²) in [6, 6.07) is 10.6. The van der Waals surface area contributed by atoms with Crippen molar-refractivity contribution < 1.29 is 8.42 Å². The van der Waals surface area contributed by atoms with E-state index in [2.05, 4.69) is 15.0 Å². The first-order valence-corrected chi connectivity index (χ1v) is 8.22. The number of nitrogens with zero attached hydrogens (tertiary/aromatic N) is 1. The minimum absolute atomic E-state index is 0.289. The van der Waals surface area contributed by atoms with Crippen LogP contribution in [0, 0.1) is 0 Å². The lowest BCUT2D eigenvalue weighted by Gasteiger charge is -2.08. The predicted molar refractivity (Wildman–Crippen MR) is 82.3 cm³/mol. The summed E-state index contributed by atoms with van der Waals surface area (Å²) in [6.07, 6.45) is 4.04. The number of hydrogen-bond acceptors (Lipinski definition) is 4. The fourth-order valence-corrected chi connectivity index (χ4v) is 2.98. The lowest BCUT2D eigenvalue weighted by atomic mass is 10.2. The Morgan fingerprint density at radius 3 is 2.29 bits per heavy atom. The number of aromatic nitrogens is 1. The highest BCUT2D eigenvalue weighted by Crippen LogP contribution is 2.10. The molecule has 0 atom stereocenters. The summed E-state index contributed by atoms with van der Waals surface area (Å²) in [5.41, 5.74) is 2.10. The molecule has 0 bridgehead atoms. The van der Waals surface area contributed by atoms with E-state index in [9.17, 15) is 8.42 Å². The lowest BCUT2D eigenvalue weighted by molar-refractivity contribution is 0.581. The van der Waals surface area contributed by atoms with Crippen molar-refractivity contribution >= 4 is 10.0 Å². The molecule has 0 amide bonds. The second-order valence-corrected chi connectivity index (χ2v) is 6.44. The number of benzene rings is 1. The summed E-state index contributed by atoms with van der Waals surface area (Å²) in [7, 11) is -1.60. The van der Waals surface area contributed by atoms with Crippen molar-refractivity contribution in [3.8, 4) is 0 Å². The molecule has 0 saturated carbocycles. The van der Waals surface area contributed by atoms with Gasteiger partial charge in [-0.1, -0.05) is 12.1 Å². The summed E-state index contributed by atoms with van der Waals surface area (Å²) < 4.78 is 26.9. The minimum atomic E-state index is -3.45. The van der Waals surface area contributed by atoms with Gasteiger partial charge in [-0.15, -0.1) is 0 Å². The van der Waals surface area contributed by atoms with Crippen LogP contribution in [0.25, 0.3) is 0 Å². The normalized spacial score (nSPS) is 11.5. The van der Waals surface area contributed by atoms with E-state index in [1.54, 1.807) is 24.5 Å². The van der Waals surface area contributed by atoms with Gasteiger partial charge in [0.2, 0.25) is 10.0 Å². The Balaban J connectivity index is 1.95. The Bertz CT molecular complexity index is 655. The number of hydrogen-bond donors (Lipinski definition) is 2. The SMILES string of the molecule is CNCc1ccc(S(=O)(=O)NCCc2ccncc2)cc1. The summed E-state index contributed by atoms with van der Waals surface area (Å²) in [6.45, 7) is 1.08. The van der Waals surface area contributed by atoms with Crippen molar-refractivity contribution in [2.45, 2.75) is 17.9 Å². The van der Waals surface area contributed by atoms with Crippen molar-refractivity contribution in [2.75, 3.05) is 13.6 Å². The molecule has 6 heteroatoms. The van der Waals surface area contributed by atoms with Crippen LogP contribution in [0.1, 0.15) is 11.1 Å². The molecule has 0 fully saturated rings. The van der Waals surface area contributed by atoms with Crippen LogP contribution < -0.4 is 10.0 Å². The van der Waals surface area contributed by atoms with E-state index >= 15 is 0 Å². The van der Waals surface area contributed by atoms with Crippen molar-refractivity contribution in [2.24, 2.45) is 0 Å². The molecule has 0 aliphatic heterocycles. The van der Waals surface area contributed by atoms with Crippen LogP contribution in [-0.4, -0.2) is 27.0 Å². The van der Waals surface area contributed by atoms with Gasteiger partial charge < -0.3 is 5.32 Å². The smallest absolute Gasteiger partial charge is 0.240 e. The van der Waals surface area contributed by atoms with Crippen LogP contribution in [0.4, 0.5) is 0 Å². The van der Waals surface area contributed by atoms with Crippen molar-refractivity contribution in [1.82, 2.24) is 15.0 Å². The summed E-state index contributed by atoms with van der Waals surface area (Å²) in [4.78, 5) is 4.22. The average molecular weight is 305 g/mol. The number of sulfonamides is 1. The molecular formula is C15H19N3O2S. The fraction of sp³-hybridized carbons (Fsp3) is 0.267. The van der Waals surface area contributed by atoms with E-state index in [-0.39, 0.29) is 4.90 Å². The van der Waals surface area contributed by atoms with Crippen molar-refractivity contribution in [3.63, 3.8) is 0 Å². The number of rotatable bonds is 7. The van der Waals surface area contributed by atoms with Crippen LogP contribution in [0.3, 0.4) is 0 Å². The van der Waals surface area contributed by atoms with E-state index < -0.39 is 10.0 Å². The van der Waals surface area contributed by atoms with Crippen LogP contribution in [0.15, 0.2) is 53.7 Å². The Morgan fingerprint density at radius 1 is 1.00 bits per heavy atom. The third kappa shape index (κ3) is 4.63. The molecule has 5 nitrogen and oxygen atoms in total. The lowest BCUT2D eigenvalue weighted by Crippen LogP contribution is -2.26. The monoisotopic (exact) mass is 305 g/mol. The number of nitrogens with one attached hydrogen (secondary N) is 2. The highest BCUT2D eigenvalue weighted by Gasteiger charge is 2.12. The summed E-state index contributed by atoms with van der Waals surface area (Å²) in [5, 5.41) is 3.02. The van der Waals surface area contributed by atoms with Gasteiger partial charge in [0.05, 0.1) is 4.90 Å². The molecule has 1 heterocycles. The second-order valence-electron chi connectivity index (χ2n) is 4.68. The van der Waals surface area contributed by atoms with Crippen molar-refractivity contribution in [3.05, 3.63) is 59.9 Å². The molecule has 21 heavy (non-hydrogen) atoms. The molecular weight excluding hydrogens is 286 g/mol. The van der Waals surface area contributed by atoms with Gasteiger partial charge in [0.15, 0.2) is 0 Å². The largest absolute Gasteiger partial charge is 0.316 e. The van der Waals surface area contributed by atoms with E-state index in [0.29, 0.717) is 13.0 Å². The van der Waals surface area contributed by atoms with Gasteiger partial charge in [0.1, 0.15) is 0 Å². The first kappa shape index (κ1) is 15.6. The van der Waals surface area contributed by atoms with Gasteiger partial charge in [-0.25, -0.2) is 13.1 Å². The first-order valence-electron chi connectivity index (χ1n) is 6.74. The quantitative estimate of drug-likeness (QED) is 0.809. The highest BCUT2D eigenvalue weighted by molar-refractivity contribution is 7.89. The van der Waals surface area contributed by atoms with Gasteiger partial charge in [-0.2, -0.15) is 0 Å². The Labute approximate surface area is 125 Å². The maximum Gasteiger partial charge on any atom is 0.240 e. The van der Waals surface area contributed by atoms with E-state index in [1.165, 1.54) is 0 Å². The van der Waals surface area contributed by atoms with Crippen molar-refractivity contribution in [1.29, 1.82) is 0 Å². The molecule has 112 valence electrons. The molecule has 0 unspecified atom stereocenters. The van der Waals surface area contributed by atoms with Gasteiger partial charge in [0.25, 0.3) is 0 Å². The summed E-state index contributed by atoms with van der Waals surface area (Å²) in [5.74, 6) is 0. The van der Waals surface area contributed by atoms with E-state index in [0.717, 1.165) is 17.7 Å². The topological polar surface area (TPSA) is 71.1 Å². The molecule has 0 saturated heterocycles. The third-order valence-corrected chi connectivity index (χ3v) is 4.55. The standard InChI is InChI=1S/C15H19N3O2S/c1-16-12-14-2-4-15(5-3-14)21(19,20)18-11-8-13-6-9-17-10-7-13/h2-7,9-10,16,18H,8,11-12H2,1H3. The van der Waals surface area contributed by atoms with Gasteiger partial charge in [0, 0.05) is 25.5 Å². The average Bonchev–Trinajstić information content (AvgIpc) is 2.49. The molecule has 1 aromatic heterocycles. The van der Waals surface area contributed by atoms with Crippen LogP contribution in [-0.2, 0) is 23.0 Å². The Morgan fingerprint density at radius 2 is 1.67 bits per heavy atom. The van der Waals surface area contributed by atoms with Gasteiger partial charge >= 0.3 is 0 Å². The third-order valence-electron chi connectivity index (χ3n) is 3.07. The maximum atomic E-state index is 12.2. The van der Waals surface area contributed by atoms with E-state index in [1.807, 2.05) is 31.3 Å². The zero-order valence-corrected chi connectivity index (χ0v) is 12.7. The fourth-order valence-electron chi connectivity index (χ4n) is 1.95. The Kier molecular flexibility index (Phi) is 5.44. The molecule has 2 aromatic rings. The molecule has 1 aromatic carbocycles. The van der Waals surface area contributed by atoms with Gasteiger partial charge in [-0.05, 0) is 48.9 Å². The second kappa shape index (κ2) is 7.31. The zero-order chi connectivity index (χ0) is 15.1. The Hall–Kier alpha value is -1.76. The molecule has 2 rings (SSSR count). The predicted octanol–water partition coefficient (Wildman–Crippen LogP) is 1.32. The molecule has 0 aliphatic rings. The molecule has 0 spiro atoms. The number of pyridine rings is 1. The molecule has 2 N–H and O–H groups in total. The molecule has 0 radical (unpaired) electrons. The van der Waals surface area contributed by atoms with Gasteiger partial charge in [-0.3, -0.25) is 4.98 Å².